The normalized spacial score (nSPS) is 19.5. The Hall–Kier alpha value is -1.50. The number of fused-ring (bicyclic) bond motifs is 3. The molecule has 1 heterocycles. The van der Waals surface area contributed by atoms with E-state index in [0.717, 1.165) is 0 Å². The lowest BCUT2D eigenvalue weighted by atomic mass is 10.0. The molecule has 0 bridgehead atoms. The smallest absolute Gasteiger partial charge is 0.0488 e. The first kappa shape index (κ1) is 8.78. The van der Waals surface area contributed by atoms with Crippen molar-refractivity contribution in [1.82, 2.24) is 4.57 Å². The summed E-state index contributed by atoms with van der Waals surface area (Å²) < 4.78 is 2.30. The molecule has 1 aromatic carbocycles. The van der Waals surface area contributed by atoms with Crippen molar-refractivity contribution in [1.29, 1.82) is 0 Å². The molecular weight excluding hydrogens is 182 g/mol. The second-order valence-corrected chi connectivity index (χ2v) is 4.46. The van der Waals surface area contributed by atoms with Gasteiger partial charge in [0.2, 0.25) is 0 Å². The lowest BCUT2D eigenvalue weighted by Crippen LogP contribution is -2.31. The fraction of sp³-hybridized carbons (Fsp3) is 0.286. The molecule has 1 unspecified atom stereocenters. The highest BCUT2D eigenvalue weighted by Crippen LogP contribution is 2.12. The van der Waals surface area contributed by atoms with Gasteiger partial charge in [-0.2, -0.15) is 0 Å². The zero-order chi connectivity index (χ0) is 10.4. The monoisotopic (exact) mass is 197 g/mol. The number of rotatable bonds is 0. The van der Waals surface area contributed by atoms with Crippen LogP contribution in [0, 0.1) is 5.92 Å². The summed E-state index contributed by atoms with van der Waals surface area (Å²) in [7, 11) is 2.16. The zero-order valence-electron chi connectivity index (χ0n) is 9.20. The maximum Gasteiger partial charge on any atom is 0.0488 e. The molecule has 0 amide bonds. The quantitative estimate of drug-likeness (QED) is 0.606. The number of aryl methyl sites for hydroxylation is 1. The number of aromatic nitrogens is 1. The molecule has 0 aliphatic heterocycles. The molecular formula is C14H15N. The largest absolute Gasteiger partial charge is 0.344 e. The van der Waals surface area contributed by atoms with Crippen LogP contribution in [0.4, 0.5) is 0 Å². The maximum atomic E-state index is 2.38. The van der Waals surface area contributed by atoms with E-state index in [1.807, 2.05) is 0 Å². The van der Waals surface area contributed by atoms with Crippen molar-refractivity contribution in [3.05, 3.63) is 34.8 Å². The predicted octanol–water partition coefficient (Wildman–Crippen LogP) is 1.78. The first-order valence-electron chi connectivity index (χ1n) is 5.53. The van der Waals surface area contributed by atoms with Crippen LogP contribution in [-0.2, 0) is 7.05 Å². The van der Waals surface area contributed by atoms with Gasteiger partial charge in [0.25, 0.3) is 0 Å². The summed E-state index contributed by atoms with van der Waals surface area (Å²) in [5.41, 5.74) is 1.34. The van der Waals surface area contributed by atoms with Crippen LogP contribution in [0.3, 0.4) is 0 Å². The van der Waals surface area contributed by atoms with Crippen molar-refractivity contribution in [2.45, 2.75) is 13.3 Å². The fourth-order valence-corrected chi connectivity index (χ4v) is 2.50. The molecule has 1 aliphatic carbocycles. The zero-order valence-corrected chi connectivity index (χ0v) is 9.20. The molecule has 0 fully saturated rings. The molecule has 15 heavy (non-hydrogen) atoms. The lowest BCUT2D eigenvalue weighted by Gasteiger charge is -2.05. The van der Waals surface area contributed by atoms with E-state index < -0.39 is 0 Å². The number of hydrogen-bond donors (Lipinski definition) is 0. The van der Waals surface area contributed by atoms with Gasteiger partial charge >= 0.3 is 0 Å². The fourth-order valence-electron chi connectivity index (χ4n) is 2.50. The van der Waals surface area contributed by atoms with E-state index in [2.05, 4.69) is 55.0 Å². The van der Waals surface area contributed by atoms with Crippen LogP contribution in [-0.4, -0.2) is 4.57 Å². The molecule has 0 spiro atoms. The highest BCUT2D eigenvalue weighted by atomic mass is 14.9. The van der Waals surface area contributed by atoms with Gasteiger partial charge in [-0.25, -0.2) is 0 Å². The van der Waals surface area contributed by atoms with Crippen LogP contribution in [0.2, 0.25) is 0 Å². The van der Waals surface area contributed by atoms with Crippen LogP contribution in [0.15, 0.2) is 24.3 Å². The molecule has 76 valence electrons. The molecule has 1 nitrogen and oxygen atoms in total. The van der Waals surface area contributed by atoms with Crippen molar-refractivity contribution < 1.29 is 0 Å². The molecule has 0 radical (unpaired) electrons. The second-order valence-electron chi connectivity index (χ2n) is 4.46. The minimum atomic E-state index is 0.667. The first-order chi connectivity index (χ1) is 7.27. The third kappa shape index (κ3) is 1.16. The third-order valence-corrected chi connectivity index (χ3v) is 3.33. The molecule has 0 saturated carbocycles. The van der Waals surface area contributed by atoms with Crippen molar-refractivity contribution in [3.63, 3.8) is 0 Å². The highest BCUT2D eigenvalue weighted by molar-refractivity contribution is 5.82. The summed E-state index contributed by atoms with van der Waals surface area (Å²) in [6.45, 7) is 2.27. The Labute approximate surface area is 89.3 Å². The molecule has 1 aromatic heterocycles. The minimum absolute atomic E-state index is 0.667. The summed E-state index contributed by atoms with van der Waals surface area (Å²) >= 11 is 0. The maximum absolute atomic E-state index is 2.38. The van der Waals surface area contributed by atoms with E-state index >= 15 is 0 Å². The summed E-state index contributed by atoms with van der Waals surface area (Å²) in [5, 5.41) is 4.19. The average molecular weight is 197 g/mol. The molecule has 2 aromatic rings. The third-order valence-electron chi connectivity index (χ3n) is 3.33. The van der Waals surface area contributed by atoms with Gasteiger partial charge in [-0.15, -0.1) is 0 Å². The summed E-state index contributed by atoms with van der Waals surface area (Å²) in [5.74, 6) is 0.667. The number of benzene rings is 1. The van der Waals surface area contributed by atoms with Gasteiger partial charge in [-0.1, -0.05) is 37.3 Å². The van der Waals surface area contributed by atoms with Gasteiger partial charge in [-0.05, 0) is 18.4 Å². The van der Waals surface area contributed by atoms with Crippen molar-refractivity contribution in [2.75, 3.05) is 0 Å². The van der Waals surface area contributed by atoms with E-state index in [9.17, 15) is 0 Å². The van der Waals surface area contributed by atoms with E-state index in [-0.39, 0.29) is 0 Å². The molecule has 3 rings (SSSR count). The number of para-hydroxylation sites is 1. The van der Waals surface area contributed by atoms with Gasteiger partial charge in [0, 0.05) is 28.5 Å². The highest BCUT2D eigenvalue weighted by Gasteiger charge is 2.08. The molecule has 1 heteroatoms. The Morgan fingerprint density at radius 2 is 2.07 bits per heavy atom. The number of nitrogens with zero attached hydrogens (tertiary/aromatic N) is 1. The first-order valence-corrected chi connectivity index (χ1v) is 5.53. The van der Waals surface area contributed by atoms with Gasteiger partial charge < -0.3 is 4.57 Å². The van der Waals surface area contributed by atoms with Crippen molar-refractivity contribution in [3.8, 4) is 0 Å². The Kier molecular flexibility index (Phi) is 1.75. The van der Waals surface area contributed by atoms with E-state index in [1.54, 1.807) is 0 Å². The summed E-state index contributed by atoms with van der Waals surface area (Å²) in [4.78, 5) is 0. The van der Waals surface area contributed by atoms with Gasteiger partial charge in [0.05, 0.1) is 0 Å². The van der Waals surface area contributed by atoms with Gasteiger partial charge in [0.15, 0.2) is 0 Å². The topological polar surface area (TPSA) is 4.93 Å². The van der Waals surface area contributed by atoms with Crippen LogP contribution >= 0.6 is 0 Å². The van der Waals surface area contributed by atoms with Crippen LogP contribution in [0.5, 0.6) is 0 Å². The van der Waals surface area contributed by atoms with E-state index in [0.29, 0.717) is 5.92 Å². The van der Waals surface area contributed by atoms with E-state index in [1.165, 1.54) is 27.9 Å². The van der Waals surface area contributed by atoms with Crippen molar-refractivity contribution in [2.24, 2.45) is 13.0 Å². The molecule has 0 N–H and O–H groups in total. The Bertz CT molecular complexity index is 631. The predicted molar refractivity (Wildman–Crippen MR) is 64.9 cm³/mol. The van der Waals surface area contributed by atoms with Crippen molar-refractivity contribution >= 4 is 23.1 Å². The van der Waals surface area contributed by atoms with Gasteiger partial charge in [-0.3, -0.25) is 0 Å². The average Bonchev–Trinajstić information content (AvgIpc) is 2.54. The van der Waals surface area contributed by atoms with Gasteiger partial charge in [0.1, 0.15) is 0 Å². The lowest BCUT2D eigenvalue weighted by molar-refractivity contribution is 0.783. The SMILES string of the molecule is CC1C=c2c(c3ccccc3n2C)=CC1. The Balaban J connectivity index is 2.59. The number of hydrogen-bond acceptors (Lipinski definition) is 0. The minimum Gasteiger partial charge on any atom is -0.344 e. The van der Waals surface area contributed by atoms with E-state index in [4.69, 9.17) is 0 Å². The molecule has 0 saturated heterocycles. The molecule has 1 atom stereocenters. The van der Waals surface area contributed by atoms with Crippen LogP contribution in [0.25, 0.3) is 23.1 Å². The van der Waals surface area contributed by atoms with Crippen LogP contribution < -0.4 is 10.6 Å². The molecule has 1 aliphatic rings. The summed E-state index contributed by atoms with van der Waals surface area (Å²) in [6.07, 6.45) is 5.93. The Morgan fingerprint density at radius 3 is 2.93 bits per heavy atom. The summed E-state index contributed by atoms with van der Waals surface area (Å²) in [6, 6.07) is 8.64. The Morgan fingerprint density at radius 1 is 1.27 bits per heavy atom. The standard InChI is InChI=1S/C14H15N/c1-10-7-8-12-11-5-3-4-6-13(11)15(2)14(12)9-10/h3-6,8-10H,7H2,1-2H3. The van der Waals surface area contributed by atoms with Crippen LogP contribution in [0.1, 0.15) is 13.3 Å². The second kappa shape index (κ2) is 2.99.